The number of esters is 1. The third-order valence-corrected chi connectivity index (χ3v) is 5.43. The highest BCUT2D eigenvalue weighted by molar-refractivity contribution is 5.92. The maximum atomic E-state index is 13.3. The number of benzene rings is 2. The zero-order valence-electron chi connectivity index (χ0n) is 18.0. The van der Waals surface area contributed by atoms with Gasteiger partial charge in [0.05, 0.1) is 38.9 Å². The van der Waals surface area contributed by atoms with Gasteiger partial charge in [0.15, 0.2) is 0 Å². The molecule has 1 atom stereocenters. The fourth-order valence-electron chi connectivity index (χ4n) is 3.82. The highest BCUT2D eigenvalue weighted by Crippen LogP contribution is 2.37. The minimum atomic E-state index is -0.433. The van der Waals surface area contributed by atoms with E-state index in [0.717, 1.165) is 17.0 Å². The number of amides is 2. The molecular formula is C23H24N4O5. The Bertz CT molecular complexity index is 1100. The number of fused-ring (bicyclic) bond motifs is 1. The van der Waals surface area contributed by atoms with Crippen molar-refractivity contribution < 1.29 is 23.8 Å². The Kier molecular flexibility index (Phi) is 5.98. The van der Waals surface area contributed by atoms with Crippen LogP contribution in [-0.2, 0) is 11.2 Å². The highest BCUT2D eigenvalue weighted by Gasteiger charge is 2.34. The van der Waals surface area contributed by atoms with Crippen molar-refractivity contribution in [1.29, 1.82) is 0 Å². The van der Waals surface area contributed by atoms with Crippen molar-refractivity contribution in [3.63, 3.8) is 0 Å². The van der Waals surface area contributed by atoms with Gasteiger partial charge in [0.25, 0.3) is 0 Å². The van der Waals surface area contributed by atoms with E-state index in [1.165, 1.54) is 7.11 Å². The number of hydrogen-bond donors (Lipinski definition) is 2. The molecule has 32 heavy (non-hydrogen) atoms. The van der Waals surface area contributed by atoms with Crippen molar-refractivity contribution in [3.05, 3.63) is 71.3 Å². The lowest BCUT2D eigenvalue weighted by Crippen LogP contribution is -2.43. The van der Waals surface area contributed by atoms with Crippen LogP contribution in [0.3, 0.4) is 0 Å². The third kappa shape index (κ3) is 4.09. The maximum Gasteiger partial charge on any atom is 0.337 e. The first-order valence-electron chi connectivity index (χ1n) is 10.0. The molecule has 0 radical (unpaired) electrons. The van der Waals surface area contributed by atoms with Gasteiger partial charge < -0.3 is 29.4 Å². The van der Waals surface area contributed by atoms with Crippen LogP contribution in [0.4, 0.5) is 10.5 Å². The lowest BCUT2D eigenvalue weighted by atomic mass is 9.95. The Morgan fingerprint density at radius 1 is 1.06 bits per heavy atom. The summed E-state index contributed by atoms with van der Waals surface area (Å²) in [6.07, 6.45) is 2.30. The molecule has 9 heteroatoms. The summed E-state index contributed by atoms with van der Waals surface area (Å²) in [5, 5.41) is 2.91. The largest absolute Gasteiger partial charge is 0.497 e. The molecule has 2 N–H and O–H groups in total. The van der Waals surface area contributed by atoms with E-state index in [9.17, 15) is 9.59 Å². The second kappa shape index (κ2) is 9.01. The number of rotatable bonds is 5. The molecule has 0 aliphatic carbocycles. The maximum absolute atomic E-state index is 13.3. The number of H-pyrrole nitrogens is 1. The van der Waals surface area contributed by atoms with Crippen LogP contribution in [-0.4, -0.2) is 54.7 Å². The van der Waals surface area contributed by atoms with Crippen LogP contribution < -0.4 is 14.8 Å². The first kappa shape index (κ1) is 21.2. The predicted octanol–water partition coefficient (Wildman–Crippen LogP) is 3.39. The van der Waals surface area contributed by atoms with Gasteiger partial charge >= 0.3 is 12.0 Å². The van der Waals surface area contributed by atoms with Gasteiger partial charge in [0, 0.05) is 30.4 Å². The fraction of sp³-hybridized carbons (Fsp3) is 0.261. The molecule has 0 spiro atoms. The number of anilines is 1. The number of urea groups is 1. The van der Waals surface area contributed by atoms with Crippen molar-refractivity contribution in [3.8, 4) is 11.5 Å². The first-order chi connectivity index (χ1) is 15.5. The van der Waals surface area contributed by atoms with Gasteiger partial charge in [-0.1, -0.05) is 0 Å². The van der Waals surface area contributed by atoms with Gasteiger partial charge in [-0.3, -0.25) is 0 Å². The van der Waals surface area contributed by atoms with Crippen LogP contribution in [0.15, 0.2) is 48.8 Å². The van der Waals surface area contributed by atoms with E-state index < -0.39 is 12.0 Å². The van der Waals surface area contributed by atoms with E-state index in [2.05, 4.69) is 15.3 Å². The number of imidazole rings is 1. The average Bonchev–Trinajstić information content (AvgIpc) is 3.31. The molecule has 1 unspecified atom stereocenters. The SMILES string of the molecule is COC(=O)c1ccc(NC(=O)N2CCc3[nH]cnc3C2c2cc(OC)cc(OC)c2)cc1. The number of nitrogens with one attached hydrogen (secondary N) is 2. The number of aromatic nitrogens is 2. The predicted molar refractivity (Wildman–Crippen MR) is 117 cm³/mol. The molecule has 9 nitrogen and oxygen atoms in total. The van der Waals surface area contributed by atoms with Crippen molar-refractivity contribution >= 4 is 17.7 Å². The summed E-state index contributed by atoms with van der Waals surface area (Å²) in [6.45, 7) is 0.492. The number of aromatic amines is 1. The summed E-state index contributed by atoms with van der Waals surface area (Å²) >= 11 is 0. The van der Waals surface area contributed by atoms with E-state index in [-0.39, 0.29) is 6.03 Å². The Balaban J connectivity index is 1.65. The van der Waals surface area contributed by atoms with Crippen LogP contribution in [0.25, 0.3) is 0 Å². The molecule has 0 bridgehead atoms. The molecule has 3 aromatic rings. The molecule has 0 fully saturated rings. The molecule has 0 saturated heterocycles. The van der Waals surface area contributed by atoms with Crippen LogP contribution in [0.2, 0.25) is 0 Å². The van der Waals surface area contributed by atoms with Gasteiger partial charge in [-0.2, -0.15) is 0 Å². The van der Waals surface area contributed by atoms with Crippen molar-refractivity contribution in [2.24, 2.45) is 0 Å². The van der Waals surface area contributed by atoms with Gasteiger partial charge in [0.2, 0.25) is 0 Å². The lowest BCUT2D eigenvalue weighted by molar-refractivity contribution is 0.0600. The van der Waals surface area contributed by atoms with E-state index in [0.29, 0.717) is 35.7 Å². The number of ether oxygens (including phenoxy) is 3. The Labute approximate surface area is 185 Å². The molecule has 2 heterocycles. The minimum Gasteiger partial charge on any atom is -0.497 e. The molecule has 2 amide bonds. The molecule has 2 aromatic carbocycles. The van der Waals surface area contributed by atoms with Crippen molar-refractivity contribution in [2.75, 3.05) is 33.2 Å². The third-order valence-electron chi connectivity index (χ3n) is 5.43. The van der Waals surface area contributed by atoms with Crippen molar-refractivity contribution in [2.45, 2.75) is 12.5 Å². The Hall–Kier alpha value is -4.01. The second-order valence-corrected chi connectivity index (χ2v) is 7.26. The topological polar surface area (TPSA) is 106 Å². The van der Waals surface area contributed by atoms with Crippen LogP contribution >= 0.6 is 0 Å². The van der Waals surface area contributed by atoms with Gasteiger partial charge in [-0.25, -0.2) is 14.6 Å². The molecule has 0 saturated carbocycles. The summed E-state index contributed by atoms with van der Waals surface area (Å²) in [5.74, 6) is 0.818. The van der Waals surface area contributed by atoms with Crippen LogP contribution in [0.1, 0.15) is 33.4 Å². The smallest absolute Gasteiger partial charge is 0.337 e. The Morgan fingerprint density at radius 2 is 1.75 bits per heavy atom. The van der Waals surface area contributed by atoms with Crippen molar-refractivity contribution in [1.82, 2.24) is 14.9 Å². The first-order valence-corrected chi connectivity index (χ1v) is 10.0. The average molecular weight is 436 g/mol. The normalized spacial score (nSPS) is 15.0. The summed E-state index contributed by atoms with van der Waals surface area (Å²) in [5.41, 5.74) is 3.57. The zero-order chi connectivity index (χ0) is 22.7. The molecule has 4 rings (SSSR count). The Morgan fingerprint density at radius 3 is 2.38 bits per heavy atom. The standard InChI is InChI=1S/C23H24N4O5/c1-30-17-10-15(11-18(12-17)31-2)21-20-19(24-13-25-20)8-9-27(21)23(29)26-16-6-4-14(5-7-16)22(28)32-3/h4-7,10-13,21H,8-9H2,1-3H3,(H,24,25)(H,26,29). The van der Waals surface area contributed by atoms with E-state index in [1.54, 1.807) is 55.8 Å². The number of carbonyl (C=O) groups excluding carboxylic acids is 2. The number of hydrogen-bond acceptors (Lipinski definition) is 6. The summed E-state index contributed by atoms with van der Waals surface area (Å²) in [4.78, 5) is 34.3. The fourth-order valence-corrected chi connectivity index (χ4v) is 3.82. The van der Waals surface area contributed by atoms with Gasteiger partial charge in [0.1, 0.15) is 17.5 Å². The summed E-state index contributed by atoms with van der Waals surface area (Å²) < 4.78 is 15.6. The van der Waals surface area contributed by atoms with Crippen LogP contribution in [0, 0.1) is 0 Å². The zero-order valence-corrected chi connectivity index (χ0v) is 18.0. The summed E-state index contributed by atoms with van der Waals surface area (Å²) in [6, 6.07) is 11.4. The lowest BCUT2D eigenvalue weighted by Gasteiger charge is -2.35. The second-order valence-electron chi connectivity index (χ2n) is 7.26. The van der Waals surface area contributed by atoms with Crippen LogP contribution in [0.5, 0.6) is 11.5 Å². The number of nitrogens with zero attached hydrogens (tertiary/aromatic N) is 2. The van der Waals surface area contributed by atoms with E-state index >= 15 is 0 Å². The molecule has 1 aliphatic heterocycles. The number of methoxy groups -OCH3 is 3. The quantitative estimate of drug-likeness (QED) is 0.594. The highest BCUT2D eigenvalue weighted by atomic mass is 16.5. The molecular weight excluding hydrogens is 412 g/mol. The van der Waals surface area contributed by atoms with E-state index in [4.69, 9.17) is 14.2 Å². The molecule has 1 aromatic heterocycles. The minimum absolute atomic E-state index is 0.281. The molecule has 166 valence electrons. The summed E-state index contributed by atoms with van der Waals surface area (Å²) in [7, 11) is 4.50. The molecule has 1 aliphatic rings. The monoisotopic (exact) mass is 436 g/mol. The van der Waals surface area contributed by atoms with Gasteiger partial charge in [-0.05, 0) is 42.0 Å². The van der Waals surface area contributed by atoms with E-state index in [1.807, 2.05) is 12.1 Å². The van der Waals surface area contributed by atoms with Gasteiger partial charge in [-0.15, -0.1) is 0 Å². The number of carbonyl (C=O) groups is 2.